The summed E-state index contributed by atoms with van der Waals surface area (Å²) in [5.41, 5.74) is 10.8. The summed E-state index contributed by atoms with van der Waals surface area (Å²) in [6, 6.07) is 11.2. The van der Waals surface area contributed by atoms with E-state index >= 15 is 0 Å². The average Bonchev–Trinajstić information content (AvgIpc) is 3.45. The Hall–Kier alpha value is -3.41. The minimum Gasteiger partial charge on any atom is -0.377 e. The van der Waals surface area contributed by atoms with Crippen LogP contribution in [0.15, 0.2) is 59.1 Å². The highest BCUT2D eigenvalue weighted by Crippen LogP contribution is 2.49. The molecule has 188 valence electrons. The molecule has 3 aromatic carbocycles. The van der Waals surface area contributed by atoms with Gasteiger partial charge in [-0.2, -0.15) is 0 Å². The van der Waals surface area contributed by atoms with Crippen LogP contribution in [-0.2, 0) is 22.0 Å². The van der Waals surface area contributed by atoms with Crippen LogP contribution in [0.3, 0.4) is 0 Å². The van der Waals surface area contributed by atoms with Crippen LogP contribution in [0.5, 0.6) is 0 Å². The van der Waals surface area contributed by atoms with E-state index < -0.39 is 15.6 Å². The summed E-state index contributed by atoms with van der Waals surface area (Å²) in [7, 11) is -3.82. The van der Waals surface area contributed by atoms with Gasteiger partial charge in [-0.25, -0.2) is 12.4 Å². The Morgan fingerprint density at radius 1 is 0.892 bits per heavy atom. The van der Waals surface area contributed by atoms with E-state index in [4.69, 9.17) is 0 Å². The average molecular weight is 510 g/mol. The maximum absolute atomic E-state index is 13.8. The third kappa shape index (κ3) is 3.27. The number of fused-ring (bicyclic) bond motifs is 1. The molecule has 1 unspecified atom stereocenters. The van der Waals surface area contributed by atoms with Crippen LogP contribution < -0.4 is 0 Å². The SMILES string of the molecule is Cc1ccc(S(=O)(=O)n2cc3c4c(c(C)cc(C)c42)C(O)(C2=Cc4c(cc(C)c(C)c4C)C2)C=C3)cc1. The number of aromatic nitrogens is 1. The quantitative estimate of drug-likeness (QED) is 0.339. The summed E-state index contributed by atoms with van der Waals surface area (Å²) >= 11 is 0. The summed E-state index contributed by atoms with van der Waals surface area (Å²) in [5.74, 6) is 0. The first-order valence-electron chi connectivity index (χ1n) is 12.6. The van der Waals surface area contributed by atoms with Crippen molar-refractivity contribution in [3.8, 4) is 0 Å². The van der Waals surface area contributed by atoms with Crippen LogP contribution >= 0.6 is 0 Å². The first-order chi connectivity index (χ1) is 17.4. The van der Waals surface area contributed by atoms with Crippen molar-refractivity contribution in [2.45, 2.75) is 58.5 Å². The highest BCUT2D eigenvalue weighted by atomic mass is 32.2. The highest BCUT2D eigenvalue weighted by molar-refractivity contribution is 7.90. The number of benzene rings is 3. The van der Waals surface area contributed by atoms with Crippen molar-refractivity contribution in [3.05, 3.63) is 110 Å². The summed E-state index contributed by atoms with van der Waals surface area (Å²) < 4.78 is 29.0. The van der Waals surface area contributed by atoms with Crippen LogP contribution in [0.25, 0.3) is 23.1 Å². The Bertz CT molecular complexity index is 1820. The summed E-state index contributed by atoms with van der Waals surface area (Å²) in [6.07, 6.45) is 8.20. The van der Waals surface area contributed by atoms with Crippen LogP contribution in [0.4, 0.5) is 0 Å². The van der Waals surface area contributed by atoms with Crippen molar-refractivity contribution < 1.29 is 13.5 Å². The van der Waals surface area contributed by atoms with E-state index in [0.29, 0.717) is 11.9 Å². The molecule has 0 amide bonds. The molecule has 4 aromatic rings. The number of aliphatic hydroxyl groups is 1. The molecule has 0 saturated heterocycles. The van der Waals surface area contributed by atoms with Gasteiger partial charge >= 0.3 is 0 Å². The van der Waals surface area contributed by atoms with Crippen LogP contribution in [0, 0.1) is 41.5 Å². The Morgan fingerprint density at radius 3 is 2.30 bits per heavy atom. The van der Waals surface area contributed by atoms with Crippen molar-refractivity contribution in [3.63, 3.8) is 0 Å². The van der Waals surface area contributed by atoms with Gasteiger partial charge < -0.3 is 5.11 Å². The van der Waals surface area contributed by atoms with Crippen molar-refractivity contribution in [1.29, 1.82) is 0 Å². The molecule has 0 saturated carbocycles. The normalized spacial score (nSPS) is 18.4. The standard InChI is InChI=1S/C32H31NO3S/c1-18-7-9-27(10-8-18)37(35,36)33-17-24-11-12-32(34,30-20(3)13-21(4)31(33)29(24)30)26-15-25-14-19(2)22(5)23(6)28(25)16-26/h7-14,16-17,34H,15H2,1-6H3. The molecule has 4 nitrogen and oxygen atoms in total. The number of nitrogens with zero attached hydrogens (tertiary/aromatic N) is 1. The van der Waals surface area contributed by atoms with Crippen LogP contribution in [0.2, 0.25) is 0 Å². The zero-order valence-corrected chi connectivity index (χ0v) is 22.9. The van der Waals surface area contributed by atoms with Gasteiger partial charge in [0, 0.05) is 22.7 Å². The van der Waals surface area contributed by atoms with E-state index in [2.05, 4.69) is 32.9 Å². The van der Waals surface area contributed by atoms with Gasteiger partial charge in [0.1, 0.15) is 5.60 Å². The molecule has 0 bridgehead atoms. The predicted molar refractivity (Wildman–Crippen MR) is 150 cm³/mol. The first-order valence-corrected chi connectivity index (χ1v) is 14.1. The number of rotatable bonds is 3. The molecule has 0 radical (unpaired) electrons. The monoisotopic (exact) mass is 509 g/mol. The van der Waals surface area contributed by atoms with Crippen molar-refractivity contribution in [2.24, 2.45) is 0 Å². The zero-order valence-electron chi connectivity index (χ0n) is 22.1. The molecule has 5 heteroatoms. The molecule has 37 heavy (non-hydrogen) atoms. The maximum Gasteiger partial charge on any atom is 0.268 e. The Labute approximate surface area is 218 Å². The molecule has 0 fully saturated rings. The molecular formula is C32H31NO3S. The van der Waals surface area contributed by atoms with Crippen molar-refractivity contribution in [2.75, 3.05) is 0 Å². The molecule has 1 atom stereocenters. The lowest BCUT2D eigenvalue weighted by Crippen LogP contribution is -2.29. The number of hydrogen-bond acceptors (Lipinski definition) is 3. The lowest BCUT2D eigenvalue weighted by atomic mass is 9.76. The van der Waals surface area contributed by atoms with Crippen molar-refractivity contribution in [1.82, 2.24) is 3.97 Å². The molecule has 1 aromatic heterocycles. The van der Waals surface area contributed by atoms with Crippen LogP contribution in [-0.4, -0.2) is 17.5 Å². The van der Waals surface area contributed by atoms with E-state index in [1.807, 2.05) is 51.1 Å². The van der Waals surface area contributed by atoms with E-state index in [-0.39, 0.29) is 4.90 Å². The fourth-order valence-electron chi connectivity index (χ4n) is 6.20. The van der Waals surface area contributed by atoms with E-state index in [1.165, 1.54) is 31.8 Å². The smallest absolute Gasteiger partial charge is 0.268 e. The van der Waals surface area contributed by atoms with E-state index in [9.17, 15) is 13.5 Å². The molecule has 6 rings (SSSR count). The second-order valence-electron chi connectivity index (χ2n) is 10.8. The van der Waals surface area contributed by atoms with Gasteiger partial charge in [-0.3, -0.25) is 0 Å². The fraction of sp³-hybridized carbons (Fsp3) is 0.250. The minimum absolute atomic E-state index is 0.247. The van der Waals surface area contributed by atoms with Gasteiger partial charge in [0.25, 0.3) is 10.0 Å². The minimum atomic E-state index is -3.82. The summed E-state index contributed by atoms with van der Waals surface area (Å²) in [5, 5.41) is 13.2. The van der Waals surface area contributed by atoms with Gasteiger partial charge in [-0.05, 0) is 111 Å². The van der Waals surface area contributed by atoms with Gasteiger partial charge in [-0.1, -0.05) is 42.0 Å². The second-order valence-corrected chi connectivity index (χ2v) is 12.6. The molecular weight excluding hydrogens is 478 g/mol. The third-order valence-electron chi connectivity index (χ3n) is 8.40. The van der Waals surface area contributed by atoms with Gasteiger partial charge in [0.15, 0.2) is 0 Å². The molecule has 1 N–H and O–H groups in total. The highest BCUT2D eigenvalue weighted by Gasteiger charge is 2.40. The van der Waals surface area contributed by atoms with Crippen molar-refractivity contribution >= 4 is 33.1 Å². The Kier molecular flexibility index (Phi) is 5.05. The largest absolute Gasteiger partial charge is 0.377 e. The second kappa shape index (κ2) is 7.80. The Balaban J connectivity index is 1.58. The zero-order chi connectivity index (χ0) is 26.4. The molecule has 2 aliphatic rings. The maximum atomic E-state index is 13.8. The van der Waals surface area contributed by atoms with E-state index in [1.54, 1.807) is 18.3 Å². The molecule has 1 heterocycles. The predicted octanol–water partition coefficient (Wildman–Crippen LogP) is 6.58. The van der Waals surface area contributed by atoms with Gasteiger partial charge in [0.05, 0.1) is 10.4 Å². The number of aryl methyl sites for hydroxylation is 4. The fourth-order valence-corrected chi connectivity index (χ4v) is 7.63. The molecule has 0 spiro atoms. The lowest BCUT2D eigenvalue weighted by Gasteiger charge is -2.32. The molecule has 2 aliphatic carbocycles. The number of hydrogen-bond donors (Lipinski definition) is 1. The molecule has 0 aliphatic heterocycles. The topological polar surface area (TPSA) is 59.3 Å². The third-order valence-corrected chi connectivity index (χ3v) is 10.1. The summed E-state index contributed by atoms with van der Waals surface area (Å²) in [4.78, 5) is 0.247. The lowest BCUT2D eigenvalue weighted by molar-refractivity contribution is 0.130. The van der Waals surface area contributed by atoms with Gasteiger partial charge in [0.2, 0.25) is 0 Å². The van der Waals surface area contributed by atoms with E-state index in [0.717, 1.165) is 38.8 Å². The first kappa shape index (κ1) is 24.0. The Morgan fingerprint density at radius 2 is 1.59 bits per heavy atom. The van der Waals surface area contributed by atoms with Crippen LogP contribution in [0.1, 0.15) is 55.6 Å². The summed E-state index contributed by atoms with van der Waals surface area (Å²) in [6.45, 7) is 12.3. The van der Waals surface area contributed by atoms with Gasteiger partial charge in [-0.15, -0.1) is 0 Å².